The fraction of sp³-hybridized carbons (Fsp3) is 0.261. The van der Waals surface area contributed by atoms with Crippen molar-refractivity contribution in [1.29, 1.82) is 0 Å². The molecule has 0 atom stereocenters. The van der Waals surface area contributed by atoms with E-state index in [0.29, 0.717) is 23.1 Å². The molecular formula is C23H24NNaO6S2. The molecule has 10 heteroatoms. The number of carbonyl (C=O) groups excluding carboxylic acids is 1. The van der Waals surface area contributed by atoms with E-state index in [9.17, 15) is 26.2 Å². The number of hydrogen-bond donors (Lipinski definition) is 1. The molecule has 0 spiro atoms. The van der Waals surface area contributed by atoms with Gasteiger partial charge in [-0.1, -0.05) is 56.3 Å². The third kappa shape index (κ3) is 6.88. The summed E-state index contributed by atoms with van der Waals surface area (Å²) in [4.78, 5) is 11.9. The minimum atomic E-state index is -4.68. The number of aryl methyl sites for hydroxylation is 1. The number of fused-ring (bicyclic) bond motifs is 1. The molecule has 1 amide bonds. The number of benzene rings is 1. The van der Waals surface area contributed by atoms with Crippen LogP contribution in [0.1, 0.15) is 43.7 Å². The molecule has 1 aromatic carbocycles. The van der Waals surface area contributed by atoms with Crippen LogP contribution in [0.3, 0.4) is 0 Å². The maximum absolute atomic E-state index is 12.3. The van der Waals surface area contributed by atoms with Crippen molar-refractivity contribution in [3.05, 3.63) is 71.8 Å². The van der Waals surface area contributed by atoms with Crippen LogP contribution in [0.25, 0.3) is 11.1 Å². The van der Waals surface area contributed by atoms with Crippen LogP contribution in [-0.4, -0.2) is 27.3 Å². The van der Waals surface area contributed by atoms with Crippen LogP contribution in [-0.2, 0) is 31.4 Å². The summed E-state index contributed by atoms with van der Waals surface area (Å²) in [6, 6.07) is 16.0. The maximum atomic E-state index is 12.3. The first-order chi connectivity index (χ1) is 15.0. The number of nitrogens with one attached hydrogen (secondary N) is 1. The van der Waals surface area contributed by atoms with Crippen LogP contribution >= 0.6 is 0 Å². The molecule has 0 aliphatic heterocycles. The molecule has 0 heterocycles. The van der Waals surface area contributed by atoms with Crippen molar-refractivity contribution >= 4 is 26.0 Å². The van der Waals surface area contributed by atoms with Gasteiger partial charge in [0.05, 0.1) is 9.79 Å². The minimum Gasteiger partial charge on any atom is -0.744 e. The predicted molar refractivity (Wildman–Crippen MR) is 120 cm³/mol. The van der Waals surface area contributed by atoms with E-state index in [0.717, 1.165) is 5.56 Å². The standard InChI is InChI=1S/C23H25NO6S2.Na/c1-16(2)17-11-13-20-18(15-22(32(28,29)30)21(20)14-12-17)7-6-10-23(25)24-31(26,27)19-8-4-3-5-9-19;/h3-5,8-9,11-16H,6-7,10H2,1-2H3,(H,24,25)(H,28,29,30);/q;+1/p-1. The zero-order valence-corrected chi connectivity index (χ0v) is 22.4. The van der Waals surface area contributed by atoms with Crippen molar-refractivity contribution in [2.75, 3.05) is 0 Å². The molecule has 0 saturated carbocycles. The van der Waals surface area contributed by atoms with Gasteiger partial charge in [-0.25, -0.2) is 21.6 Å². The van der Waals surface area contributed by atoms with Crippen LogP contribution in [0.2, 0.25) is 0 Å². The summed E-state index contributed by atoms with van der Waals surface area (Å²) in [6.07, 6.45) is 0.517. The molecule has 170 valence electrons. The Morgan fingerprint density at radius 2 is 1.55 bits per heavy atom. The van der Waals surface area contributed by atoms with E-state index in [2.05, 4.69) is 0 Å². The normalized spacial score (nSPS) is 11.9. The second kappa shape index (κ2) is 11.1. The van der Waals surface area contributed by atoms with Gasteiger partial charge in [0.25, 0.3) is 10.0 Å². The molecule has 3 rings (SSSR count). The summed E-state index contributed by atoms with van der Waals surface area (Å²) < 4.78 is 61.8. The quantitative estimate of drug-likeness (QED) is 0.360. The fourth-order valence-corrected chi connectivity index (χ4v) is 5.27. The number of amides is 1. The topological polar surface area (TPSA) is 120 Å². The van der Waals surface area contributed by atoms with Gasteiger partial charge >= 0.3 is 29.6 Å². The van der Waals surface area contributed by atoms with Crippen LogP contribution in [0.4, 0.5) is 0 Å². The summed E-state index contributed by atoms with van der Waals surface area (Å²) in [5.74, 6) is -0.438. The Balaban J connectivity index is 0.00000385. The van der Waals surface area contributed by atoms with Gasteiger partial charge < -0.3 is 4.55 Å². The van der Waals surface area contributed by atoms with E-state index >= 15 is 0 Å². The van der Waals surface area contributed by atoms with Crippen molar-refractivity contribution in [2.24, 2.45) is 0 Å². The fourth-order valence-electron chi connectivity index (χ4n) is 3.50. The monoisotopic (exact) mass is 497 g/mol. The zero-order valence-electron chi connectivity index (χ0n) is 18.7. The van der Waals surface area contributed by atoms with Gasteiger partial charge in [-0.3, -0.25) is 4.79 Å². The molecule has 1 aromatic rings. The molecule has 0 aromatic heterocycles. The molecule has 0 saturated heterocycles. The van der Waals surface area contributed by atoms with Gasteiger partial charge in [-0.15, -0.1) is 0 Å². The van der Waals surface area contributed by atoms with Gasteiger partial charge in [0.1, 0.15) is 10.1 Å². The smallest absolute Gasteiger partial charge is 0.744 e. The Bertz CT molecular complexity index is 1310. The number of carbonyl (C=O) groups is 1. The van der Waals surface area contributed by atoms with Gasteiger partial charge in [-0.05, 0) is 59.2 Å². The van der Waals surface area contributed by atoms with E-state index in [-0.39, 0.29) is 58.1 Å². The van der Waals surface area contributed by atoms with Crippen molar-refractivity contribution < 1.29 is 55.7 Å². The van der Waals surface area contributed by atoms with Crippen LogP contribution in [0.15, 0.2) is 70.5 Å². The molecule has 0 unspecified atom stereocenters. The van der Waals surface area contributed by atoms with Crippen LogP contribution in [0.5, 0.6) is 0 Å². The summed E-state index contributed by atoms with van der Waals surface area (Å²) in [5.41, 5.74) is 2.59. The summed E-state index contributed by atoms with van der Waals surface area (Å²) >= 11 is 0. The maximum Gasteiger partial charge on any atom is 1.00 e. The Morgan fingerprint density at radius 1 is 0.939 bits per heavy atom. The molecule has 0 bridgehead atoms. The predicted octanol–water partition coefficient (Wildman–Crippen LogP) is 0.651. The van der Waals surface area contributed by atoms with E-state index in [1.807, 2.05) is 24.6 Å². The van der Waals surface area contributed by atoms with E-state index < -0.39 is 26.0 Å². The molecule has 2 aliphatic rings. The average molecular weight is 498 g/mol. The molecule has 0 radical (unpaired) electrons. The molecule has 1 N–H and O–H groups in total. The molecule has 33 heavy (non-hydrogen) atoms. The molecule has 7 nitrogen and oxygen atoms in total. The Hall–Kier alpha value is -1.75. The van der Waals surface area contributed by atoms with Crippen LogP contribution < -0.4 is 34.3 Å². The van der Waals surface area contributed by atoms with E-state index in [4.69, 9.17) is 0 Å². The Kier molecular flexibility index (Phi) is 9.26. The number of sulfonamides is 1. The number of rotatable bonds is 8. The van der Waals surface area contributed by atoms with Crippen molar-refractivity contribution in [2.45, 2.75) is 48.8 Å². The second-order valence-corrected chi connectivity index (χ2v) is 10.9. The van der Waals surface area contributed by atoms with Gasteiger partial charge in [-0.2, -0.15) is 0 Å². The van der Waals surface area contributed by atoms with Crippen LogP contribution in [0, 0.1) is 0 Å². The second-order valence-electron chi connectivity index (χ2n) is 7.83. The first kappa shape index (κ1) is 27.5. The average Bonchev–Trinajstić information content (AvgIpc) is 2.91. The SMILES string of the molecule is CC(C)c1ccc2c(CCCC(=O)NS(=O)(=O)c3ccccc3)cc(S(=O)(=O)[O-])c-2cc1.[Na+]. The summed E-state index contributed by atoms with van der Waals surface area (Å²) in [5, 5.41) is 0. The first-order valence-electron chi connectivity index (χ1n) is 10.1. The Labute approximate surface area is 217 Å². The summed E-state index contributed by atoms with van der Waals surface area (Å²) in [6.45, 7) is 4.02. The van der Waals surface area contributed by atoms with Crippen molar-refractivity contribution in [3.8, 4) is 11.1 Å². The molecule has 0 fully saturated rings. The zero-order chi connectivity index (χ0) is 23.5. The van der Waals surface area contributed by atoms with Gasteiger partial charge in [0.15, 0.2) is 0 Å². The molecule has 2 aliphatic carbocycles. The summed E-state index contributed by atoms with van der Waals surface area (Å²) in [7, 11) is -8.62. The van der Waals surface area contributed by atoms with Gasteiger partial charge in [0.2, 0.25) is 5.91 Å². The van der Waals surface area contributed by atoms with Crippen molar-refractivity contribution in [3.63, 3.8) is 0 Å². The van der Waals surface area contributed by atoms with E-state index in [1.54, 1.807) is 36.4 Å². The third-order valence-electron chi connectivity index (χ3n) is 5.18. The largest absolute Gasteiger partial charge is 1.00 e. The van der Waals surface area contributed by atoms with E-state index in [1.165, 1.54) is 18.2 Å². The third-order valence-corrected chi connectivity index (χ3v) is 7.45. The Morgan fingerprint density at radius 3 is 2.12 bits per heavy atom. The minimum absolute atomic E-state index is 0. The molecular weight excluding hydrogens is 473 g/mol. The van der Waals surface area contributed by atoms with Crippen molar-refractivity contribution in [1.82, 2.24) is 4.72 Å². The number of hydrogen-bond acceptors (Lipinski definition) is 6. The van der Waals surface area contributed by atoms with Gasteiger partial charge in [0, 0.05) is 6.42 Å². The first-order valence-corrected chi connectivity index (χ1v) is 13.0.